The number of carbonyl (C=O) groups excluding carboxylic acids is 2. The molecule has 0 saturated carbocycles. The topological polar surface area (TPSA) is 110 Å². The Labute approximate surface area is 231 Å². The molecule has 1 aliphatic rings. The van der Waals surface area contributed by atoms with Gasteiger partial charge in [0.1, 0.15) is 9.88 Å². The maximum Gasteiger partial charge on any atom is 0.416 e. The summed E-state index contributed by atoms with van der Waals surface area (Å²) in [5.41, 5.74) is 7.69. The number of hydrogen-bond donors (Lipinski definition) is 3. The minimum absolute atomic E-state index is 0.0785. The van der Waals surface area contributed by atoms with Crippen LogP contribution in [0.15, 0.2) is 72.8 Å². The van der Waals surface area contributed by atoms with Crippen LogP contribution in [-0.2, 0) is 10.9 Å². The largest absolute Gasteiger partial charge is 0.416 e. The zero-order valence-corrected chi connectivity index (χ0v) is 21.8. The second kappa shape index (κ2) is 11.4. The summed E-state index contributed by atoms with van der Waals surface area (Å²) >= 11 is 1.10. The molecular weight excluding hydrogens is 543 g/mol. The van der Waals surface area contributed by atoms with Crippen LogP contribution in [0.2, 0.25) is 0 Å². The number of anilines is 4. The molecule has 12 heteroatoms. The van der Waals surface area contributed by atoms with Crippen LogP contribution < -0.4 is 21.3 Å². The van der Waals surface area contributed by atoms with E-state index >= 15 is 0 Å². The number of carbonyl (C=O) groups is 2. The van der Waals surface area contributed by atoms with Gasteiger partial charge in [-0.25, -0.2) is 4.98 Å². The fourth-order valence-electron chi connectivity index (χ4n) is 4.15. The van der Waals surface area contributed by atoms with Gasteiger partial charge in [-0.15, -0.1) is 11.3 Å². The lowest BCUT2D eigenvalue weighted by molar-refractivity contribution is -0.137. The second-order valence-corrected chi connectivity index (χ2v) is 9.94. The minimum atomic E-state index is -4.49. The number of halogens is 3. The molecule has 8 nitrogen and oxygen atoms in total. The summed E-state index contributed by atoms with van der Waals surface area (Å²) in [5.74, 6) is -0.889. The second-order valence-electron chi connectivity index (χ2n) is 8.94. The van der Waals surface area contributed by atoms with Crippen LogP contribution >= 0.6 is 11.3 Å². The first-order valence-corrected chi connectivity index (χ1v) is 13.1. The standard InChI is InChI=1S/C28H24F3N5O3S/c29-28(30,31)19-6-4-17(5-7-19)26(38)34-21-3-1-2-18(16-21)27-35-25(23(40-27)24(32)37)33-20-8-10-22(11-9-20)36-12-14-39-15-13-36/h1-11,16,33H,12-15H2,(H2,32,37)(H,34,38). The fourth-order valence-corrected chi connectivity index (χ4v) is 5.02. The van der Waals surface area contributed by atoms with Gasteiger partial charge in [0, 0.05) is 41.3 Å². The molecule has 0 radical (unpaired) electrons. The highest BCUT2D eigenvalue weighted by molar-refractivity contribution is 7.17. The van der Waals surface area contributed by atoms with Crippen molar-refractivity contribution in [3.8, 4) is 10.6 Å². The summed E-state index contributed by atoms with van der Waals surface area (Å²) in [6.07, 6.45) is -4.49. The van der Waals surface area contributed by atoms with Crippen LogP contribution in [0.3, 0.4) is 0 Å². The number of hydrogen-bond acceptors (Lipinski definition) is 7. The first-order chi connectivity index (χ1) is 19.2. The van der Waals surface area contributed by atoms with Crippen molar-refractivity contribution in [2.24, 2.45) is 5.73 Å². The lowest BCUT2D eigenvalue weighted by atomic mass is 10.1. The lowest BCUT2D eigenvalue weighted by Crippen LogP contribution is -2.36. The Morgan fingerprint density at radius 2 is 1.65 bits per heavy atom. The molecule has 5 rings (SSSR count). The highest BCUT2D eigenvalue weighted by Crippen LogP contribution is 2.34. The van der Waals surface area contributed by atoms with E-state index < -0.39 is 23.6 Å². The molecule has 4 N–H and O–H groups in total. The van der Waals surface area contributed by atoms with Gasteiger partial charge < -0.3 is 26.0 Å². The molecule has 0 bridgehead atoms. The summed E-state index contributed by atoms with van der Waals surface area (Å²) in [4.78, 5) is 31.8. The van der Waals surface area contributed by atoms with Crippen LogP contribution in [-0.4, -0.2) is 43.1 Å². The van der Waals surface area contributed by atoms with Gasteiger partial charge in [-0.2, -0.15) is 13.2 Å². The predicted octanol–water partition coefficient (Wildman–Crippen LogP) is 5.76. The van der Waals surface area contributed by atoms with E-state index in [1.165, 1.54) is 0 Å². The monoisotopic (exact) mass is 567 g/mol. The van der Waals surface area contributed by atoms with E-state index in [2.05, 4.69) is 20.5 Å². The first kappa shape index (κ1) is 27.2. The first-order valence-electron chi connectivity index (χ1n) is 12.3. The van der Waals surface area contributed by atoms with Crippen LogP contribution in [0.1, 0.15) is 25.6 Å². The molecule has 2 heterocycles. The molecule has 0 spiro atoms. The van der Waals surface area contributed by atoms with Crippen molar-refractivity contribution in [2.75, 3.05) is 41.8 Å². The fraction of sp³-hybridized carbons (Fsp3) is 0.179. The van der Waals surface area contributed by atoms with Crippen LogP contribution in [0.5, 0.6) is 0 Å². The molecule has 1 aromatic heterocycles. The SMILES string of the molecule is NC(=O)c1sc(-c2cccc(NC(=O)c3ccc(C(F)(F)F)cc3)c2)nc1Nc1ccc(N2CCOCC2)cc1. The quantitative estimate of drug-likeness (QED) is 0.262. The molecule has 0 aliphatic carbocycles. The van der Waals surface area contributed by atoms with Crippen molar-refractivity contribution in [2.45, 2.75) is 6.18 Å². The summed E-state index contributed by atoms with van der Waals surface area (Å²) in [6, 6.07) is 18.5. The maximum atomic E-state index is 12.8. The molecular formula is C28H24F3N5O3S. The number of aromatic nitrogens is 1. The Kier molecular flexibility index (Phi) is 7.71. The molecule has 1 saturated heterocycles. The van der Waals surface area contributed by atoms with E-state index in [1.807, 2.05) is 24.3 Å². The third-order valence-corrected chi connectivity index (χ3v) is 7.32. The molecule has 0 unspecified atom stereocenters. The van der Waals surface area contributed by atoms with Gasteiger partial charge >= 0.3 is 6.18 Å². The maximum absolute atomic E-state index is 12.8. The molecule has 4 aromatic rings. The zero-order valence-electron chi connectivity index (χ0n) is 21.0. The average molecular weight is 568 g/mol. The van der Waals surface area contributed by atoms with Crippen molar-refractivity contribution in [1.82, 2.24) is 4.98 Å². The van der Waals surface area contributed by atoms with Crippen molar-refractivity contribution < 1.29 is 27.5 Å². The summed E-state index contributed by atoms with van der Waals surface area (Å²) in [6.45, 7) is 3.00. The molecule has 206 valence electrons. The molecule has 1 aliphatic heterocycles. The molecule has 3 aromatic carbocycles. The smallest absolute Gasteiger partial charge is 0.378 e. The Morgan fingerprint density at radius 3 is 2.30 bits per heavy atom. The number of rotatable bonds is 7. The molecule has 1 fully saturated rings. The molecule has 2 amide bonds. The lowest BCUT2D eigenvalue weighted by Gasteiger charge is -2.28. The Balaban J connectivity index is 1.32. The number of alkyl halides is 3. The number of benzene rings is 3. The normalized spacial score (nSPS) is 13.6. The molecule has 40 heavy (non-hydrogen) atoms. The van der Waals surface area contributed by atoms with Crippen LogP contribution in [0.25, 0.3) is 10.6 Å². The number of morpholine rings is 1. The summed E-state index contributed by atoms with van der Waals surface area (Å²) < 4.78 is 43.9. The van der Waals surface area contributed by atoms with Gasteiger partial charge in [0.15, 0.2) is 5.82 Å². The van der Waals surface area contributed by atoms with Crippen molar-refractivity contribution in [1.29, 1.82) is 0 Å². The van der Waals surface area contributed by atoms with Crippen LogP contribution in [0, 0.1) is 0 Å². The summed E-state index contributed by atoms with van der Waals surface area (Å²) in [7, 11) is 0. The highest BCUT2D eigenvalue weighted by Gasteiger charge is 2.30. The van der Waals surface area contributed by atoms with Crippen LogP contribution in [0.4, 0.5) is 36.1 Å². The highest BCUT2D eigenvalue weighted by atomic mass is 32.1. The number of primary amides is 1. The zero-order chi connectivity index (χ0) is 28.3. The van der Waals surface area contributed by atoms with E-state index in [-0.39, 0.29) is 10.4 Å². The molecule has 0 atom stereocenters. The minimum Gasteiger partial charge on any atom is -0.378 e. The van der Waals surface area contributed by atoms with Crippen molar-refractivity contribution >= 4 is 46.0 Å². The Hall–Kier alpha value is -4.42. The van der Waals surface area contributed by atoms with Gasteiger partial charge in [0.25, 0.3) is 11.8 Å². The number of nitrogens with two attached hydrogens (primary N) is 1. The Bertz CT molecular complexity index is 1520. The number of amides is 2. The predicted molar refractivity (Wildman–Crippen MR) is 148 cm³/mol. The van der Waals surface area contributed by atoms with Gasteiger partial charge in [-0.3, -0.25) is 9.59 Å². The average Bonchev–Trinajstić information content (AvgIpc) is 3.38. The van der Waals surface area contributed by atoms with Gasteiger partial charge in [0.2, 0.25) is 0 Å². The number of thiazole rings is 1. The van der Waals surface area contributed by atoms with Crippen molar-refractivity contribution in [3.05, 3.63) is 88.8 Å². The third kappa shape index (κ3) is 6.24. The van der Waals surface area contributed by atoms with Gasteiger partial charge in [0.05, 0.1) is 18.8 Å². The number of nitrogens with zero attached hydrogens (tertiary/aromatic N) is 2. The van der Waals surface area contributed by atoms with E-state index in [0.717, 1.165) is 60.1 Å². The van der Waals surface area contributed by atoms with E-state index in [0.29, 0.717) is 35.3 Å². The third-order valence-electron chi connectivity index (χ3n) is 6.20. The summed E-state index contributed by atoms with van der Waals surface area (Å²) in [5, 5.41) is 6.34. The van der Waals surface area contributed by atoms with E-state index in [9.17, 15) is 22.8 Å². The number of nitrogens with one attached hydrogen (secondary N) is 2. The Morgan fingerprint density at radius 1 is 0.950 bits per heavy atom. The van der Waals surface area contributed by atoms with E-state index in [4.69, 9.17) is 10.5 Å². The van der Waals surface area contributed by atoms with Gasteiger partial charge in [-0.05, 0) is 60.7 Å². The van der Waals surface area contributed by atoms with Crippen molar-refractivity contribution in [3.63, 3.8) is 0 Å². The van der Waals surface area contributed by atoms with E-state index in [1.54, 1.807) is 24.3 Å². The van der Waals surface area contributed by atoms with Gasteiger partial charge in [-0.1, -0.05) is 12.1 Å². The number of ether oxygens (including phenoxy) is 1.